The molecule has 20 heavy (non-hydrogen) atoms. The Morgan fingerprint density at radius 2 is 2.35 bits per heavy atom. The SMILES string of the molecule is COC(=O)c1cc2c(cn1)N=C(N)N1[C@@H](C)COC[C@@H]21. The number of aliphatic imine (C=N–C) groups is 1. The highest BCUT2D eigenvalue weighted by Crippen LogP contribution is 2.37. The van der Waals surface area contributed by atoms with Crippen LogP contribution < -0.4 is 5.73 Å². The Morgan fingerprint density at radius 3 is 3.10 bits per heavy atom. The van der Waals surface area contributed by atoms with Crippen molar-refractivity contribution in [3.63, 3.8) is 0 Å². The smallest absolute Gasteiger partial charge is 0.356 e. The van der Waals surface area contributed by atoms with Gasteiger partial charge in [0, 0.05) is 5.56 Å². The maximum atomic E-state index is 11.6. The number of nitrogens with two attached hydrogens (primary N) is 1. The number of aromatic nitrogens is 1. The summed E-state index contributed by atoms with van der Waals surface area (Å²) in [6, 6.07) is 1.80. The zero-order chi connectivity index (χ0) is 14.3. The van der Waals surface area contributed by atoms with Crippen LogP contribution in [0.5, 0.6) is 0 Å². The van der Waals surface area contributed by atoms with Crippen LogP contribution in [0.3, 0.4) is 0 Å². The highest BCUT2D eigenvalue weighted by atomic mass is 16.5. The van der Waals surface area contributed by atoms with Crippen molar-refractivity contribution in [2.45, 2.75) is 19.0 Å². The number of nitrogens with zero attached hydrogens (tertiary/aromatic N) is 3. The third-order valence-electron chi connectivity index (χ3n) is 3.61. The summed E-state index contributed by atoms with van der Waals surface area (Å²) in [6.45, 7) is 3.15. The van der Waals surface area contributed by atoms with Gasteiger partial charge in [-0.3, -0.25) is 0 Å². The molecule has 2 atom stereocenters. The minimum absolute atomic E-state index is 0.0438. The standard InChI is InChI=1S/C13H16N4O3/c1-7-5-20-6-11-8-3-9(12(18)19-2)15-4-10(8)16-13(14)17(7)11/h3-4,7,11H,5-6H2,1-2H3,(H2,14,16)/t7-,11-/m0/s1. The van der Waals surface area contributed by atoms with Gasteiger partial charge in [-0.2, -0.15) is 0 Å². The molecule has 0 aliphatic carbocycles. The second-order valence-electron chi connectivity index (χ2n) is 4.90. The van der Waals surface area contributed by atoms with E-state index in [1.807, 2.05) is 11.8 Å². The second-order valence-corrected chi connectivity index (χ2v) is 4.90. The van der Waals surface area contributed by atoms with Crippen molar-refractivity contribution >= 4 is 17.6 Å². The van der Waals surface area contributed by atoms with Gasteiger partial charge in [0.2, 0.25) is 0 Å². The van der Waals surface area contributed by atoms with Crippen molar-refractivity contribution in [3.05, 3.63) is 23.5 Å². The summed E-state index contributed by atoms with van der Waals surface area (Å²) in [6.07, 6.45) is 1.55. The van der Waals surface area contributed by atoms with E-state index >= 15 is 0 Å². The van der Waals surface area contributed by atoms with Gasteiger partial charge in [-0.25, -0.2) is 14.8 Å². The summed E-state index contributed by atoms with van der Waals surface area (Å²) < 4.78 is 10.3. The van der Waals surface area contributed by atoms with E-state index in [0.717, 1.165) is 5.56 Å². The number of esters is 1. The fourth-order valence-corrected chi connectivity index (χ4v) is 2.66. The Balaban J connectivity index is 2.07. The number of fused-ring (bicyclic) bond motifs is 3. The normalized spacial score (nSPS) is 24.5. The molecule has 7 heteroatoms. The van der Waals surface area contributed by atoms with Crippen LogP contribution in [0.2, 0.25) is 0 Å². The first-order valence-corrected chi connectivity index (χ1v) is 6.40. The molecule has 3 rings (SSSR count). The fourth-order valence-electron chi connectivity index (χ4n) is 2.66. The van der Waals surface area contributed by atoms with Crippen molar-refractivity contribution in [2.75, 3.05) is 20.3 Å². The van der Waals surface area contributed by atoms with Gasteiger partial charge in [-0.1, -0.05) is 0 Å². The predicted octanol–water partition coefficient (Wildman–Crippen LogP) is 0.590. The lowest BCUT2D eigenvalue weighted by atomic mass is 10.00. The van der Waals surface area contributed by atoms with Crippen LogP contribution in [-0.2, 0) is 9.47 Å². The summed E-state index contributed by atoms with van der Waals surface area (Å²) in [7, 11) is 1.33. The number of hydrogen-bond donors (Lipinski definition) is 1. The van der Waals surface area contributed by atoms with E-state index in [1.165, 1.54) is 7.11 Å². The number of methoxy groups -OCH3 is 1. The summed E-state index contributed by atoms with van der Waals surface area (Å²) >= 11 is 0. The second kappa shape index (κ2) is 4.75. The Kier molecular flexibility index (Phi) is 3.06. The van der Waals surface area contributed by atoms with Gasteiger partial charge in [0.05, 0.1) is 44.3 Å². The minimum atomic E-state index is -0.466. The number of carbonyl (C=O) groups excluding carboxylic acids is 1. The molecule has 1 saturated heterocycles. The van der Waals surface area contributed by atoms with Crippen LogP contribution in [0.15, 0.2) is 17.3 Å². The molecule has 7 nitrogen and oxygen atoms in total. The maximum absolute atomic E-state index is 11.6. The molecule has 0 amide bonds. The fraction of sp³-hybridized carbons (Fsp3) is 0.462. The number of ether oxygens (including phenoxy) is 2. The van der Waals surface area contributed by atoms with Crippen LogP contribution >= 0.6 is 0 Å². The molecule has 0 aromatic carbocycles. The molecule has 0 spiro atoms. The lowest BCUT2D eigenvalue weighted by Crippen LogP contribution is -2.53. The molecular formula is C13H16N4O3. The lowest BCUT2D eigenvalue weighted by molar-refractivity contribution is -0.00976. The van der Waals surface area contributed by atoms with Crippen LogP contribution in [0.25, 0.3) is 0 Å². The lowest BCUT2D eigenvalue weighted by Gasteiger charge is -2.43. The van der Waals surface area contributed by atoms with Crippen molar-refractivity contribution in [1.82, 2.24) is 9.88 Å². The Hall–Kier alpha value is -2.15. The highest BCUT2D eigenvalue weighted by molar-refractivity contribution is 5.89. The molecule has 2 N–H and O–H groups in total. The van der Waals surface area contributed by atoms with Gasteiger partial charge in [0.15, 0.2) is 5.96 Å². The summed E-state index contributed by atoms with van der Waals surface area (Å²) in [5.41, 5.74) is 7.85. The van der Waals surface area contributed by atoms with Crippen LogP contribution in [-0.4, -0.2) is 48.2 Å². The van der Waals surface area contributed by atoms with Gasteiger partial charge < -0.3 is 20.1 Å². The topological polar surface area (TPSA) is 90.0 Å². The molecule has 3 heterocycles. The third kappa shape index (κ3) is 1.90. The van der Waals surface area contributed by atoms with E-state index < -0.39 is 5.97 Å². The van der Waals surface area contributed by atoms with Crippen molar-refractivity contribution in [1.29, 1.82) is 0 Å². The highest BCUT2D eigenvalue weighted by Gasteiger charge is 2.36. The van der Waals surface area contributed by atoms with Crippen molar-refractivity contribution in [3.8, 4) is 0 Å². The first-order chi connectivity index (χ1) is 9.61. The molecule has 106 valence electrons. The quantitative estimate of drug-likeness (QED) is 0.755. The largest absolute Gasteiger partial charge is 0.464 e. The first kappa shape index (κ1) is 12.9. The van der Waals surface area contributed by atoms with E-state index in [9.17, 15) is 4.79 Å². The number of carbonyl (C=O) groups is 1. The number of rotatable bonds is 1. The zero-order valence-corrected chi connectivity index (χ0v) is 11.4. The van der Waals surface area contributed by atoms with Gasteiger partial charge >= 0.3 is 5.97 Å². The van der Waals surface area contributed by atoms with Crippen molar-refractivity contribution < 1.29 is 14.3 Å². The van der Waals surface area contributed by atoms with Gasteiger partial charge in [0.1, 0.15) is 5.69 Å². The molecule has 0 bridgehead atoms. The van der Waals surface area contributed by atoms with E-state index in [1.54, 1.807) is 12.3 Å². The van der Waals surface area contributed by atoms with E-state index in [4.69, 9.17) is 15.2 Å². The van der Waals surface area contributed by atoms with Crippen LogP contribution in [0.4, 0.5) is 5.69 Å². The Morgan fingerprint density at radius 1 is 1.55 bits per heavy atom. The summed E-state index contributed by atoms with van der Waals surface area (Å²) in [4.78, 5) is 22.0. The molecule has 0 saturated carbocycles. The number of guanidine groups is 1. The number of pyridine rings is 1. The van der Waals surface area contributed by atoms with E-state index in [-0.39, 0.29) is 17.8 Å². The molecule has 2 aliphatic heterocycles. The summed E-state index contributed by atoms with van der Waals surface area (Å²) in [5, 5.41) is 0. The Labute approximate surface area is 116 Å². The molecule has 1 aromatic rings. The van der Waals surface area contributed by atoms with Gasteiger partial charge in [0.25, 0.3) is 0 Å². The zero-order valence-electron chi connectivity index (χ0n) is 11.4. The molecule has 1 fully saturated rings. The first-order valence-electron chi connectivity index (χ1n) is 6.40. The van der Waals surface area contributed by atoms with Gasteiger partial charge in [-0.15, -0.1) is 0 Å². The molecular weight excluding hydrogens is 260 g/mol. The number of hydrogen-bond acceptors (Lipinski definition) is 7. The molecule has 0 radical (unpaired) electrons. The van der Waals surface area contributed by atoms with Crippen LogP contribution in [0, 0.1) is 0 Å². The monoisotopic (exact) mass is 276 g/mol. The number of morpholine rings is 1. The maximum Gasteiger partial charge on any atom is 0.356 e. The van der Waals surface area contributed by atoms with E-state index in [2.05, 4.69) is 9.98 Å². The molecule has 1 aromatic heterocycles. The average Bonchev–Trinajstić information content (AvgIpc) is 2.46. The molecule has 2 aliphatic rings. The summed E-state index contributed by atoms with van der Waals surface area (Å²) in [5.74, 6) is -0.00225. The van der Waals surface area contributed by atoms with Crippen LogP contribution in [0.1, 0.15) is 29.0 Å². The predicted molar refractivity (Wildman–Crippen MR) is 71.7 cm³/mol. The third-order valence-corrected chi connectivity index (χ3v) is 3.61. The molecule has 0 unspecified atom stereocenters. The van der Waals surface area contributed by atoms with Crippen molar-refractivity contribution in [2.24, 2.45) is 10.7 Å². The Bertz CT molecular complexity index is 587. The average molecular weight is 276 g/mol. The van der Waals surface area contributed by atoms with E-state index in [0.29, 0.717) is 24.9 Å². The minimum Gasteiger partial charge on any atom is -0.464 e. The van der Waals surface area contributed by atoms with Gasteiger partial charge in [-0.05, 0) is 13.0 Å².